The Morgan fingerprint density at radius 2 is 1.40 bits per heavy atom. The van der Waals surface area contributed by atoms with Crippen LogP contribution in [0.5, 0.6) is 11.5 Å². The predicted octanol–water partition coefficient (Wildman–Crippen LogP) is 9.06. The van der Waals surface area contributed by atoms with Crippen molar-refractivity contribution in [1.82, 2.24) is 4.90 Å². The third kappa shape index (κ3) is 12.9. The van der Waals surface area contributed by atoms with Crippen molar-refractivity contribution in [2.45, 2.75) is 111 Å². The Kier molecular flexibility index (Phi) is 16.6. The van der Waals surface area contributed by atoms with Crippen molar-refractivity contribution in [1.29, 1.82) is 0 Å². The molecule has 0 spiro atoms. The van der Waals surface area contributed by atoms with Crippen LogP contribution in [0.3, 0.4) is 0 Å². The van der Waals surface area contributed by atoms with Gasteiger partial charge in [-0.15, -0.1) is 0 Å². The van der Waals surface area contributed by atoms with Crippen molar-refractivity contribution in [3.05, 3.63) is 89.7 Å². The number of nitrogens with zero attached hydrogens (tertiary/aromatic N) is 2. The summed E-state index contributed by atoms with van der Waals surface area (Å²) in [6.45, 7) is 5.82. The molecule has 0 N–H and O–H groups in total. The van der Waals surface area contributed by atoms with E-state index in [1.165, 1.54) is 64.2 Å². The van der Waals surface area contributed by atoms with Crippen molar-refractivity contribution in [3.63, 3.8) is 0 Å². The number of pyridine rings is 1. The highest BCUT2D eigenvalue weighted by Crippen LogP contribution is 2.29. The first-order valence-corrected chi connectivity index (χ1v) is 16.9. The number of methoxy groups -OCH3 is 1. The maximum atomic E-state index is 13.3. The molecule has 1 aromatic heterocycles. The molecule has 3 aromatic rings. The molecule has 0 fully saturated rings. The summed E-state index contributed by atoms with van der Waals surface area (Å²) in [6, 6.07) is 18.1. The number of aromatic nitrogens is 1. The molecule has 0 saturated carbocycles. The summed E-state index contributed by atoms with van der Waals surface area (Å²) >= 11 is 0. The van der Waals surface area contributed by atoms with Gasteiger partial charge in [-0.1, -0.05) is 102 Å². The number of hydrogen-bond acceptors (Lipinski definition) is 5. The van der Waals surface area contributed by atoms with Crippen molar-refractivity contribution >= 4 is 12.0 Å². The second-order valence-electron chi connectivity index (χ2n) is 11.6. The largest absolute Gasteiger partial charge is 0.493 e. The number of imide groups is 1. The van der Waals surface area contributed by atoms with Gasteiger partial charge >= 0.3 is 6.09 Å². The van der Waals surface area contributed by atoms with E-state index in [0.717, 1.165) is 35.4 Å². The standard InChI is InChI=1S/C38H53N2O5/c1-4-6-7-8-9-10-11-12-13-14-15-19-27-44-35-25-24-32(28-36(35)43-3)31-45-38(42)40(37(41)34-22-17-16-18-23-34)30-33-21-20-26-39(5-2)29-33/h16-18,20-26,28-29H,4-15,19,27,30-31H2,1-3H3/q+1. The van der Waals surface area contributed by atoms with Crippen LogP contribution in [0.15, 0.2) is 73.1 Å². The Morgan fingerprint density at radius 3 is 2.04 bits per heavy atom. The molecule has 45 heavy (non-hydrogen) atoms. The smallest absolute Gasteiger partial charge is 0.417 e. The van der Waals surface area contributed by atoms with Crippen LogP contribution in [0, 0.1) is 0 Å². The van der Waals surface area contributed by atoms with Gasteiger partial charge in [0.2, 0.25) is 0 Å². The Bertz CT molecular complexity index is 1280. The van der Waals surface area contributed by atoms with Gasteiger partial charge in [-0.05, 0) is 49.2 Å². The van der Waals surface area contributed by atoms with Gasteiger partial charge < -0.3 is 14.2 Å². The van der Waals surface area contributed by atoms with Gasteiger partial charge in [0.1, 0.15) is 13.2 Å². The van der Waals surface area contributed by atoms with E-state index in [-0.39, 0.29) is 13.2 Å². The summed E-state index contributed by atoms with van der Waals surface area (Å²) in [5, 5.41) is 0. The van der Waals surface area contributed by atoms with E-state index in [9.17, 15) is 9.59 Å². The van der Waals surface area contributed by atoms with E-state index >= 15 is 0 Å². The Labute approximate surface area is 270 Å². The average Bonchev–Trinajstić information content (AvgIpc) is 3.08. The Morgan fingerprint density at radius 1 is 0.733 bits per heavy atom. The molecule has 1 heterocycles. The molecule has 0 bridgehead atoms. The zero-order valence-corrected chi connectivity index (χ0v) is 27.7. The van der Waals surface area contributed by atoms with Gasteiger partial charge in [0.25, 0.3) is 5.91 Å². The minimum absolute atomic E-state index is 0.00344. The lowest BCUT2D eigenvalue weighted by molar-refractivity contribution is -0.694. The van der Waals surface area contributed by atoms with E-state index in [2.05, 4.69) is 6.92 Å². The molecule has 0 atom stereocenters. The number of ether oxygens (including phenoxy) is 3. The van der Waals surface area contributed by atoms with Crippen LogP contribution in [0.4, 0.5) is 4.79 Å². The predicted molar refractivity (Wildman–Crippen MR) is 178 cm³/mol. The summed E-state index contributed by atoms with van der Waals surface area (Å²) in [6.07, 6.45) is 18.8. The van der Waals surface area contributed by atoms with Gasteiger partial charge in [0.05, 0.1) is 20.3 Å². The van der Waals surface area contributed by atoms with Gasteiger partial charge in [-0.25, -0.2) is 14.3 Å². The maximum Gasteiger partial charge on any atom is 0.417 e. The second-order valence-corrected chi connectivity index (χ2v) is 11.6. The highest BCUT2D eigenvalue weighted by molar-refractivity contribution is 6.02. The third-order valence-corrected chi connectivity index (χ3v) is 7.96. The molecule has 7 nitrogen and oxygen atoms in total. The third-order valence-electron chi connectivity index (χ3n) is 7.96. The van der Waals surface area contributed by atoms with E-state index in [1.807, 2.05) is 60.3 Å². The first-order chi connectivity index (χ1) is 22.0. The van der Waals surface area contributed by atoms with Crippen molar-refractivity contribution < 1.29 is 28.4 Å². The zero-order valence-electron chi connectivity index (χ0n) is 27.7. The number of aryl methyl sites for hydroxylation is 1. The summed E-state index contributed by atoms with van der Waals surface area (Å²) < 4.78 is 19.2. The molecule has 2 aromatic carbocycles. The SMILES string of the molecule is CCCCCCCCCCCCCCOc1ccc(COC(=O)N(Cc2ccc[n+](CC)c2)C(=O)c2ccccc2)cc1OC. The lowest BCUT2D eigenvalue weighted by Crippen LogP contribution is -2.38. The first kappa shape index (κ1) is 35.6. The maximum absolute atomic E-state index is 13.3. The summed E-state index contributed by atoms with van der Waals surface area (Å²) in [4.78, 5) is 27.8. The molecule has 0 saturated heterocycles. The van der Waals surface area contributed by atoms with Crippen LogP contribution in [0.1, 0.15) is 112 Å². The number of benzene rings is 2. The summed E-state index contributed by atoms with van der Waals surface area (Å²) in [7, 11) is 1.60. The van der Waals surface area contributed by atoms with E-state index in [4.69, 9.17) is 14.2 Å². The molecule has 0 aliphatic heterocycles. The monoisotopic (exact) mass is 617 g/mol. The topological polar surface area (TPSA) is 69.0 Å². The molecule has 3 rings (SSSR count). The Hall–Kier alpha value is -3.87. The first-order valence-electron chi connectivity index (χ1n) is 16.9. The molecule has 0 aliphatic carbocycles. The average molecular weight is 618 g/mol. The lowest BCUT2D eigenvalue weighted by atomic mass is 10.1. The van der Waals surface area contributed by atoms with Crippen LogP contribution >= 0.6 is 0 Å². The van der Waals surface area contributed by atoms with E-state index in [0.29, 0.717) is 23.7 Å². The number of unbranched alkanes of at least 4 members (excludes halogenated alkanes) is 11. The number of hydrogen-bond donors (Lipinski definition) is 0. The normalized spacial score (nSPS) is 10.8. The van der Waals surface area contributed by atoms with Crippen molar-refractivity contribution in [2.24, 2.45) is 0 Å². The lowest BCUT2D eigenvalue weighted by Gasteiger charge is -2.20. The molecular formula is C38H53N2O5+. The highest BCUT2D eigenvalue weighted by Gasteiger charge is 2.25. The van der Waals surface area contributed by atoms with E-state index < -0.39 is 12.0 Å². The van der Waals surface area contributed by atoms with Gasteiger partial charge in [0, 0.05) is 17.2 Å². The number of amides is 2. The highest BCUT2D eigenvalue weighted by atomic mass is 16.6. The minimum Gasteiger partial charge on any atom is -0.493 e. The number of rotatable bonds is 21. The fourth-order valence-corrected chi connectivity index (χ4v) is 5.27. The summed E-state index contributed by atoms with van der Waals surface area (Å²) in [5.74, 6) is 0.851. The molecule has 0 radical (unpaired) electrons. The van der Waals surface area contributed by atoms with Crippen molar-refractivity contribution in [3.8, 4) is 11.5 Å². The van der Waals surface area contributed by atoms with Crippen LogP contribution in [0.2, 0.25) is 0 Å². The molecule has 0 aliphatic rings. The van der Waals surface area contributed by atoms with Crippen LogP contribution in [-0.4, -0.2) is 30.6 Å². The molecular weight excluding hydrogens is 564 g/mol. The van der Waals surface area contributed by atoms with Gasteiger partial charge in [0.15, 0.2) is 23.9 Å². The summed E-state index contributed by atoms with van der Waals surface area (Å²) in [5.41, 5.74) is 2.00. The fourth-order valence-electron chi connectivity index (χ4n) is 5.27. The molecule has 0 unspecified atom stereocenters. The number of carbonyl (C=O) groups is 2. The Balaban J connectivity index is 1.46. The fraction of sp³-hybridized carbons (Fsp3) is 0.500. The molecule has 244 valence electrons. The van der Waals surface area contributed by atoms with Gasteiger partial charge in [-0.2, -0.15) is 0 Å². The quantitative estimate of drug-likeness (QED) is 0.0881. The van der Waals surface area contributed by atoms with Crippen LogP contribution in [0.25, 0.3) is 0 Å². The van der Waals surface area contributed by atoms with E-state index in [1.54, 1.807) is 31.4 Å². The van der Waals surface area contributed by atoms with Crippen LogP contribution in [-0.2, 0) is 24.4 Å². The van der Waals surface area contributed by atoms with Gasteiger partial charge in [-0.3, -0.25) is 4.79 Å². The van der Waals surface area contributed by atoms with Crippen LogP contribution < -0.4 is 14.0 Å². The zero-order chi connectivity index (χ0) is 32.1. The molecule has 7 heteroatoms. The number of carbonyl (C=O) groups excluding carboxylic acids is 2. The molecule has 2 amide bonds. The van der Waals surface area contributed by atoms with Crippen molar-refractivity contribution in [2.75, 3.05) is 13.7 Å². The second kappa shape index (κ2) is 21.0. The minimum atomic E-state index is -0.706.